The van der Waals surface area contributed by atoms with E-state index in [1.807, 2.05) is 24.3 Å². The SMILES string of the molecule is O=C(NO)c1ccc(CN2CCn3cc(CNC4CC4c4ccc(F)cc4)nc3C2)cc1.O=C(O)C(F)(F)F. The largest absolute Gasteiger partial charge is 0.490 e. The molecule has 0 radical (unpaired) electrons. The number of amides is 1. The van der Waals surface area contributed by atoms with Crippen molar-refractivity contribution in [3.8, 4) is 0 Å². The lowest BCUT2D eigenvalue weighted by Crippen LogP contribution is -2.33. The van der Waals surface area contributed by atoms with Gasteiger partial charge in [0.1, 0.15) is 11.6 Å². The summed E-state index contributed by atoms with van der Waals surface area (Å²) in [7, 11) is 0. The molecule has 1 aliphatic heterocycles. The number of carbonyl (C=O) groups is 2. The second-order valence-corrected chi connectivity index (χ2v) is 9.37. The summed E-state index contributed by atoms with van der Waals surface area (Å²) < 4.78 is 47.1. The van der Waals surface area contributed by atoms with Crippen LogP contribution in [0.3, 0.4) is 0 Å². The molecular weight excluding hydrogens is 522 g/mol. The molecule has 1 aliphatic carbocycles. The van der Waals surface area contributed by atoms with Crippen molar-refractivity contribution >= 4 is 11.9 Å². The zero-order valence-corrected chi connectivity index (χ0v) is 20.7. The maximum Gasteiger partial charge on any atom is 0.490 e. The van der Waals surface area contributed by atoms with Gasteiger partial charge in [-0.05, 0) is 41.8 Å². The number of fused-ring (bicyclic) bond motifs is 1. The first-order valence-corrected chi connectivity index (χ1v) is 12.1. The van der Waals surface area contributed by atoms with Crippen molar-refractivity contribution < 1.29 is 37.5 Å². The van der Waals surface area contributed by atoms with Crippen molar-refractivity contribution in [3.63, 3.8) is 0 Å². The first kappa shape index (κ1) is 28.2. The predicted molar refractivity (Wildman–Crippen MR) is 130 cm³/mol. The van der Waals surface area contributed by atoms with Crippen LogP contribution in [0.2, 0.25) is 0 Å². The van der Waals surface area contributed by atoms with E-state index >= 15 is 0 Å². The number of hydrogen-bond acceptors (Lipinski definition) is 6. The van der Waals surface area contributed by atoms with Crippen molar-refractivity contribution in [2.75, 3.05) is 6.54 Å². The Bertz CT molecular complexity index is 1300. The number of aromatic nitrogens is 2. The van der Waals surface area contributed by atoms with Crippen molar-refractivity contribution in [2.24, 2.45) is 0 Å². The Morgan fingerprint density at radius 3 is 2.33 bits per heavy atom. The molecule has 0 bridgehead atoms. The second kappa shape index (κ2) is 11.9. The standard InChI is InChI=1S/C24H26FN5O2.C2HF3O2/c25-19-7-5-17(6-8-19)21-11-22(21)26-12-20-14-30-10-9-29(15-23(30)27-20)13-16-1-3-18(4-2-16)24(31)28-32;3-2(4,5)1(6)7/h1-8,14,21-22,26,32H,9-13,15H2,(H,28,31);(H,6,7). The van der Waals surface area contributed by atoms with Gasteiger partial charge in [0, 0.05) is 49.9 Å². The summed E-state index contributed by atoms with van der Waals surface area (Å²) >= 11 is 0. The fourth-order valence-electron chi connectivity index (χ4n) is 4.40. The van der Waals surface area contributed by atoms with Crippen LogP contribution in [-0.2, 0) is 31.0 Å². The number of nitrogens with zero attached hydrogens (tertiary/aromatic N) is 3. The molecule has 2 atom stereocenters. The summed E-state index contributed by atoms with van der Waals surface area (Å²) in [5, 5.41) is 19.4. The summed E-state index contributed by atoms with van der Waals surface area (Å²) in [5.41, 5.74) is 5.43. The van der Waals surface area contributed by atoms with Crippen LogP contribution in [0.1, 0.15) is 45.3 Å². The van der Waals surface area contributed by atoms with Gasteiger partial charge in [-0.3, -0.25) is 14.9 Å². The summed E-state index contributed by atoms with van der Waals surface area (Å²) in [6.07, 6.45) is -1.87. The Hall–Kier alpha value is -3.81. The van der Waals surface area contributed by atoms with Gasteiger partial charge in [0.05, 0.1) is 12.2 Å². The van der Waals surface area contributed by atoms with Gasteiger partial charge in [-0.25, -0.2) is 19.6 Å². The summed E-state index contributed by atoms with van der Waals surface area (Å²) in [4.78, 5) is 27.5. The molecule has 2 aliphatic rings. The number of carboxylic acids is 1. The van der Waals surface area contributed by atoms with Crippen LogP contribution in [0.5, 0.6) is 0 Å². The van der Waals surface area contributed by atoms with Gasteiger partial charge in [0.25, 0.3) is 5.91 Å². The number of aliphatic carboxylic acids is 1. The van der Waals surface area contributed by atoms with Crippen molar-refractivity contribution in [2.45, 2.75) is 50.7 Å². The average molecular weight is 550 g/mol. The number of alkyl halides is 3. The van der Waals surface area contributed by atoms with Crippen LogP contribution in [0.25, 0.3) is 0 Å². The number of nitrogens with one attached hydrogen (secondary N) is 2. The van der Waals surface area contributed by atoms with Gasteiger partial charge in [-0.1, -0.05) is 24.3 Å². The van der Waals surface area contributed by atoms with Gasteiger partial charge >= 0.3 is 12.1 Å². The van der Waals surface area contributed by atoms with E-state index in [1.54, 1.807) is 17.6 Å². The molecule has 39 heavy (non-hydrogen) atoms. The molecule has 2 aromatic carbocycles. The molecule has 2 heterocycles. The summed E-state index contributed by atoms with van der Waals surface area (Å²) in [6, 6.07) is 14.5. The predicted octanol–water partition coefficient (Wildman–Crippen LogP) is 3.44. The van der Waals surface area contributed by atoms with E-state index in [1.165, 1.54) is 17.7 Å². The fraction of sp³-hybridized carbons (Fsp3) is 0.346. The van der Waals surface area contributed by atoms with E-state index in [2.05, 4.69) is 21.0 Å². The van der Waals surface area contributed by atoms with E-state index in [0.29, 0.717) is 17.5 Å². The Morgan fingerprint density at radius 2 is 1.72 bits per heavy atom. The number of carbonyl (C=O) groups excluding carboxylic acids is 1. The number of rotatable bonds is 7. The molecule has 13 heteroatoms. The summed E-state index contributed by atoms with van der Waals surface area (Å²) in [6.45, 7) is 4.12. The third kappa shape index (κ3) is 7.62. The van der Waals surface area contributed by atoms with Crippen molar-refractivity contribution in [3.05, 3.63) is 88.8 Å². The fourth-order valence-corrected chi connectivity index (χ4v) is 4.40. The van der Waals surface area contributed by atoms with E-state index < -0.39 is 18.1 Å². The molecule has 208 valence electrons. The lowest BCUT2D eigenvalue weighted by Gasteiger charge is -2.27. The highest BCUT2D eigenvalue weighted by molar-refractivity contribution is 5.93. The van der Waals surface area contributed by atoms with Crippen LogP contribution < -0.4 is 10.8 Å². The Morgan fingerprint density at radius 1 is 1.05 bits per heavy atom. The molecule has 1 saturated carbocycles. The van der Waals surface area contributed by atoms with E-state index in [4.69, 9.17) is 20.1 Å². The van der Waals surface area contributed by atoms with Gasteiger partial charge < -0.3 is 15.0 Å². The van der Waals surface area contributed by atoms with Crippen LogP contribution in [0.4, 0.5) is 17.6 Å². The zero-order chi connectivity index (χ0) is 28.2. The van der Waals surface area contributed by atoms with Crippen LogP contribution in [0.15, 0.2) is 54.7 Å². The number of carboxylic acid groups (broad SMARTS) is 1. The number of hydroxylamine groups is 1. The number of benzene rings is 2. The molecule has 1 amide bonds. The number of imidazole rings is 1. The van der Waals surface area contributed by atoms with E-state index in [0.717, 1.165) is 56.2 Å². The second-order valence-electron chi connectivity index (χ2n) is 9.37. The molecule has 2 unspecified atom stereocenters. The van der Waals surface area contributed by atoms with Crippen LogP contribution in [-0.4, -0.2) is 55.4 Å². The monoisotopic (exact) mass is 549 g/mol. The summed E-state index contributed by atoms with van der Waals surface area (Å²) in [5.74, 6) is -1.93. The third-order valence-corrected chi connectivity index (χ3v) is 6.53. The molecule has 1 fully saturated rings. The normalized spacial score (nSPS) is 18.5. The lowest BCUT2D eigenvalue weighted by atomic mass is 10.1. The highest BCUT2D eigenvalue weighted by Gasteiger charge is 2.38. The maximum atomic E-state index is 13.1. The first-order chi connectivity index (χ1) is 18.5. The van der Waals surface area contributed by atoms with Crippen LogP contribution >= 0.6 is 0 Å². The Labute approximate surface area is 221 Å². The lowest BCUT2D eigenvalue weighted by molar-refractivity contribution is -0.192. The van der Waals surface area contributed by atoms with Crippen LogP contribution in [0, 0.1) is 5.82 Å². The smallest absolute Gasteiger partial charge is 0.475 e. The molecule has 0 saturated heterocycles. The molecule has 5 rings (SSSR count). The molecule has 3 aromatic rings. The van der Waals surface area contributed by atoms with Gasteiger partial charge in [0.2, 0.25) is 0 Å². The topological polar surface area (TPSA) is 120 Å². The minimum atomic E-state index is -5.08. The zero-order valence-electron chi connectivity index (χ0n) is 20.7. The Balaban J connectivity index is 0.000000448. The minimum absolute atomic E-state index is 0.192. The van der Waals surface area contributed by atoms with Crippen molar-refractivity contribution in [1.29, 1.82) is 0 Å². The highest BCUT2D eigenvalue weighted by atomic mass is 19.4. The molecule has 9 nitrogen and oxygen atoms in total. The quantitative estimate of drug-likeness (QED) is 0.203. The van der Waals surface area contributed by atoms with Gasteiger partial charge in [-0.2, -0.15) is 13.2 Å². The molecular formula is C26H27F4N5O4. The molecule has 4 N–H and O–H groups in total. The number of halogens is 4. The molecule has 0 spiro atoms. The third-order valence-electron chi connectivity index (χ3n) is 6.53. The maximum absolute atomic E-state index is 13.1. The highest BCUT2D eigenvalue weighted by Crippen LogP contribution is 2.40. The number of hydrogen-bond donors (Lipinski definition) is 4. The van der Waals surface area contributed by atoms with Crippen molar-refractivity contribution in [1.82, 2.24) is 25.2 Å². The molecule has 1 aromatic heterocycles. The Kier molecular flexibility index (Phi) is 8.63. The van der Waals surface area contributed by atoms with Gasteiger partial charge in [0.15, 0.2) is 0 Å². The minimum Gasteiger partial charge on any atom is -0.475 e. The first-order valence-electron chi connectivity index (χ1n) is 12.1. The van der Waals surface area contributed by atoms with E-state index in [-0.39, 0.29) is 5.82 Å². The van der Waals surface area contributed by atoms with Gasteiger partial charge in [-0.15, -0.1) is 0 Å². The van der Waals surface area contributed by atoms with E-state index in [9.17, 15) is 22.4 Å². The average Bonchev–Trinajstić information content (AvgIpc) is 3.57.